The summed E-state index contributed by atoms with van der Waals surface area (Å²) in [6.07, 6.45) is 2.98. The number of aryl methyl sites for hydroxylation is 1. The fraction of sp³-hybridized carbons (Fsp3) is 0.192. The highest BCUT2D eigenvalue weighted by atomic mass is 35.5. The topological polar surface area (TPSA) is 83.7 Å². The Kier molecular flexibility index (Phi) is 5.67. The Hall–Kier alpha value is -3.55. The summed E-state index contributed by atoms with van der Waals surface area (Å²) in [5.74, 6) is -2.04. The quantitative estimate of drug-likeness (QED) is 0.398. The molecule has 8 heteroatoms. The van der Waals surface area contributed by atoms with Gasteiger partial charge in [0.05, 0.1) is 23.0 Å². The van der Waals surface area contributed by atoms with Crippen LogP contribution in [0.2, 0.25) is 5.02 Å². The van der Waals surface area contributed by atoms with Gasteiger partial charge in [0.15, 0.2) is 5.78 Å². The second-order valence-electron chi connectivity index (χ2n) is 8.55. The Bertz CT molecular complexity index is 1450. The first kappa shape index (κ1) is 22.3. The number of aliphatic hydroxyl groups excluding tert-OH is 1. The summed E-state index contributed by atoms with van der Waals surface area (Å²) in [4.78, 5) is 30.2. The van der Waals surface area contributed by atoms with Crippen LogP contribution in [0.4, 0.5) is 10.1 Å². The Balaban J connectivity index is 1.41. The average Bonchev–Trinajstić information content (AvgIpc) is 3.36. The first-order chi connectivity index (χ1) is 16.3. The minimum Gasteiger partial charge on any atom is -0.392 e. The van der Waals surface area contributed by atoms with Crippen LogP contribution in [0.3, 0.4) is 0 Å². The van der Waals surface area contributed by atoms with Crippen LogP contribution in [0.1, 0.15) is 49.9 Å². The number of amides is 1. The minimum absolute atomic E-state index is 0.0173. The molecule has 34 heavy (non-hydrogen) atoms. The minimum atomic E-state index is -0.758. The van der Waals surface area contributed by atoms with E-state index in [1.807, 2.05) is 37.3 Å². The lowest BCUT2D eigenvalue weighted by Gasteiger charge is -2.16. The van der Waals surface area contributed by atoms with Crippen molar-refractivity contribution in [1.82, 2.24) is 9.38 Å². The highest BCUT2D eigenvalue weighted by Gasteiger charge is 2.33. The molecule has 2 aromatic heterocycles. The van der Waals surface area contributed by atoms with Crippen LogP contribution in [-0.4, -0.2) is 32.3 Å². The van der Waals surface area contributed by atoms with E-state index in [0.29, 0.717) is 12.1 Å². The molecule has 172 valence electrons. The van der Waals surface area contributed by atoms with E-state index < -0.39 is 17.8 Å². The third-order valence-electron chi connectivity index (χ3n) is 6.24. The van der Waals surface area contributed by atoms with Crippen molar-refractivity contribution in [2.45, 2.75) is 31.8 Å². The van der Waals surface area contributed by atoms with Gasteiger partial charge in [-0.15, -0.1) is 0 Å². The number of hydrogen-bond donors (Lipinski definition) is 2. The summed E-state index contributed by atoms with van der Waals surface area (Å²) < 4.78 is 16.3. The number of nitrogens with one attached hydrogen (secondary N) is 1. The fourth-order valence-electron chi connectivity index (χ4n) is 4.51. The Morgan fingerprint density at radius 3 is 2.85 bits per heavy atom. The molecule has 0 unspecified atom stereocenters. The summed E-state index contributed by atoms with van der Waals surface area (Å²) in [5.41, 5.74) is 3.61. The molecule has 0 fully saturated rings. The Morgan fingerprint density at radius 2 is 2.03 bits per heavy atom. The van der Waals surface area contributed by atoms with Crippen molar-refractivity contribution in [3.8, 4) is 0 Å². The first-order valence-electron chi connectivity index (χ1n) is 10.8. The maximum absolute atomic E-state index is 14.7. The van der Waals surface area contributed by atoms with Gasteiger partial charge < -0.3 is 10.4 Å². The number of fused-ring (bicyclic) bond motifs is 2. The summed E-state index contributed by atoms with van der Waals surface area (Å²) in [6, 6.07) is 13.5. The van der Waals surface area contributed by atoms with Gasteiger partial charge in [0.2, 0.25) is 0 Å². The maximum Gasteiger partial charge on any atom is 0.274 e. The summed E-state index contributed by atoms with van der Waals surface area (Å²) in [6.45, 7) is 1.89. The zero-order valence-corrected chi connectivity index (χ0v) is 19.0. The maximum atomic E-state index is 14.7. The van der Waals surface area contributed by atoms with E-state index in [4.69, 9.17) is 11.6 Å². The molecule has 0 saturated carbocycles. The summed E-state index contributed by atoms with van der Waals surface area (Å²) >= 11 is 6.20. The molecular weight excluding hydrogens is 457 g/mol. The molecule has 0 saturated heterocycles. The summed E-state index contributed by atoms with van der Waals surface area (Å²) in [5, 5.41) is 13.0. The number of halogens is 2. The number of carbonyl (C=O) groups excluding carboxylic acids is 2. The smallest absolute Gasteiger partial charge is 0.274 e. The van der Waals surface area contributed by atoms with E-state index in [2.05, 4.69) is 10.3 Å². The number of nitrogens with zero attached hydrogens (tertiary/aromatic N) is 2. The second-order valence-corrected chi connectivity index (χ2v) is 8.96. The zero-order chi connectivity index (χ0) is 24.0. The molecule has 0 spiro atoms. The Morgan fingerprint density at radius 1 is 1.24 bits per heavy atom. The number of imidazole rings is 1. The molecule has 6 nitrogen and oxygen atoms in total. The zero-order valence-electron chi connectivity index (χ0n) is 18.3. The van der Waals surface area contributed by atoms with E-state index in [9.17, 15) is 19.1 Å². The van der Waals surface area contributed by atoms with Gasteiger partial charge in [0.25, 0.3) is 5.91 Å². The van der Waals surface area contributed by atoms with Crippen molar-refractivity contribution in [3.63, 3.8) is 0 Å². The number of aromatic nitrogens is 2. The predicted molar refractivity (Wildman–Crippen MR) is 127 cm³/mol. The molecule has 2 heterocycles. The molecule has 4 aromatic rings. The fourth-order valence-corrected chi connectivity index (χ4v) is 4.77. The standard InChI is InChI=1S/C26H21ClFN3O3/c1-14-6-7-25-29-12-22(31(25)13-14)26(34)30-21-9-18(19(27)11-20(21)28)24(33)10-17-16-5-3-2-4-15(16)8-23(17)32/h2-7,9,11-13,17,23,32H,8,10H2,1H3,(H,30,34)/t17-,23+/m1/s1. The third kappa shape index (κ3) is 3.97. The Labute approximate surface area is 200 Å². The van der Waals surface area contributed by atoms with E-state index in [1.165, 1.54) is 12.3 Å². The van der Waals surface area contributed by atoms with Gasteiger partial charge in [0.1, 0.15) is 17.2 Å². The van der Waals surface area contributed by atoms with E-state index >= 15 is 0 Å². The van der Waals surface area contributed by atoms with E-state index in [1.54, 1.807) is 16.7 Å². The molecular formula is C26H21ClFN3O3. The van der Waals surface area contributed by atoms with Crippen LogP contribution in [0, 0.1) is 12.7 Å². The predicted octanol–water partition coefficient (Wildman–Crippen LogP) is 4.96. The number of rotatable bonds is 5. The van der Waals surface area contributed by atoms with Crippen LogP contribution >= 0.6 is 11.6 Å². The van der Waals surface area contributed by atoms with Gasteiger partial charge in [-0.05, 0) is 48.2 Å². The summed E-state index contributed by atoms with van der Waals surface area (Å²) in [7, 11) is 0. The third-order valence-corrected chi connectivity index (χ3v) is 6.56. The van der Waals surface area contributed by atoms with Crippen LogP contribution in [0.25, 0.3) is 5.65 Å². The van der Waals surface area contributed by atoms with Gasteiger partial charge in [-0.25, -0.2) is 9.37 Å². The van der Waals surface area contributed by atoms with Crippen LogP contribution in [0.5, 0.6) is 0 Å². The molecule has 1 aliphatic rings. The second kappa shape index (κ2) is 8.66. The molecule has 2 atom stereocenters. The largest absolute Gasteiger partial charge is 0.392 e. The lowest BCUT2D eigenvalue weighted by atomic mass is 9.91. The van der Waals surface area contributed by atoms with Crippen molar-refractivity contribution in [3.05, 3.63) is 99.7 Å². The van der Waals surface area contributed by atoms with Crippen molar-refractivity contribution < 1.29 is 19.1 Å². The highest BCUT2D eigenvalue weighted by Crippen LogP contribution is 2.37. The van der Waals surface area contributed by atoms with Gasteiger partial charge >= 0.3 is 0 Å². The van der Waals surface area contributed by atoms with Crippen molar-refractivity contribution in [2.75, 3.05) is 5.32 Å². The first-order valence-corrected chi connectivity index (χ1v) is 11.2. The molecule has 0 bridgehead atoms. The lowest BCUT2D eigenvalue weighted by Crippen LogP contribution is -2.18. The normalized spacial score (nSPS) is 17.1. The number of carbonyl (C=O) groups is 2. The molecule has 0 radical (unpaired) electrons. The number of pyridine rings is 1. The van der Waals surface area contributed by atoms with Gasteiger partial charge in [-0.1, -0.05) is 41.9 Å². The van der Waals surface area contributed by atoms with Gasteiger partial charge in [0, 0.05) is 24.1 Å². The number of ketones is 1. The van der Waals surface area contributed by atoms with Crippen LogP contribution in [-0.2, 0) is 6.42 Å². The van der Waals surface area contributed by atoms with Gasteiger partial charge in [-0.3, -0.25) is 14.0 Å². The van der Waals surface area contributed by atoms with E-state index in [-0.39, 0.29) is 40.1 Å². The van der Waals surface area contributed by atoms with Crippen LogP contribution in [0.15, 0.2) is 60.9 Å². The van der Waals surface area contributed by atoms with Crippen molar-refractivity contribution in [2.24, 2.45) is 0 Å². The number of benzene rings is 2. The SMILES string of the molecule is Cc1ccc2ncc(C(=O)Nc3cc(C(=O)C[C@@H]4c5ccccc5C[C@@H]4O)c(Cl)cc3F)n2c1. The molecule has 0 aliphatic heterocycles. The molecule has 1 aliphatic carbocycles. The van der Waals surface area contributed by atoms with Crippen molar-refractivity contribution >= 4 is 34.6 Å². The molecule has 5 rings (SSSR count). The molecule has 1 amide bonds. The average molecular weight is 478 g/mol. The highest BCUT2D eigenvalue weighted by molar-refractivity contribution is 6.34. The monoisotopic (exact) mass is 477 g/mol. The number of hydrogen-bond acceptors (Lipinski definition) is 4. The number of Topliss-reactive ketones (excluding diaryl/α,β-unsaturated/α-hetero) is 1. The van der Waals surface area contributed by atoms with Crippen LogP contribution < -0.4 is 5.32 Å². The molecule has 2 aromatic carbocycles. The number of anilines is 1. The molecule has 2 N–H and O–H groups in total. The lowest BCUT2D eigenvalue weighted by molar-refractivity contribution is 0.0920. The number of aliphatic hydroxyl groups is 1. The van der Waals surface area contributed by atoms with Gasteiger partial charge in [-0.2, -0.15) is 0 Å². The van der Waals surface area contributed by atoms with Crippen molar-refractivity contribution in [1.29, 1.82) is 0 Å². The van der Waals surface area contributed by atoms with E-state index in [0.717, 1.165) is 22.8 Å².